The molecule has 1 N–H and O–H groups in total. The van der Waals surface area contributed by atoms with Crippen LogP contribution in [-0.2, 0) is 4.79 Å². The molecule has 0 atom stereocenters. The van der Waals surface area contributed by atoms with Crippen molar-refractivity contribution >= 4 is 29.0 Å². The Hall–Kier alpha value is -2.86. The molecule has 1 amide bonds. The van der Waals surface area contributed by atoms with Crippen LogP contribution in [0.5, 0.6) is 0 Å². The highest BCUT2D eigenvalue weighted by atomic mass is 35.5. The summed E-state index contributed by atoms with van der Waals surface area (Å²) in [6, 6.07) is 10.9. The number of nitrogens with one attached hydrogen (secondary N) is 1. The highest BCUT2D eigenvalue weighted by molar-refractivity contribution is 6.30. The van der Waals surface area contributed by atoms with Crippen LogP contribution in [0.3, 0.4) is 0 Å². The quantitative estimate of drug-likeness (QED) is 0.732. The zero-order chi connectivity index (χ0) is 18.7. The lowest BCUT2D eigenvalue weighted by Crippen LogP contribution is -2.30. The summed E-state index contributed by atoms with van der Waals surface area (Å²) in [5.41, 5.74) is 2.44. The zero-order valence-corrected chi connectivity index (χ0v) is 15.5. The fourth-order valence-electron chi connectivity index (χ4n) is 2.38. The molecule has 2 heterocycles. The third-order valence-electron chi connectivity index (χ3n) is 3.93. The van der Waals surface area contributed by atoms with E-state index in [4.69, 9.17) is 16.0 Å². The number of carbonyl (C=O) groups is 1. The van der Waals surface area contributed by atoms with Gasteiger partial charge in [0.15, 0.2) is 0 Å². The molecular weight excluding hydrogens is 352 g/mol. The molecule has 0 saturated heterocycles. The smallest absolute Gasteiger partial charge is 0.243 e. The van der Waals surface area contributed by atoms with Crippen molar-refractivity contribution in [3.63, 3.8) is 0 Å². The molecule has 0 aliphatic carbocycles. The van der Waals surface area contributed by atoms with Gasteiger partial charge in [-0.2, -0.15) is 0 Å². The van der Waals surface area contributed by atoms with Crippen molar-refractivity contribution in [3.05, 3.63) is 59.1 Å². The minimum atomic E-state index is -0.139. The highest BCUT2D eigenvalue weighted by Gasteiger charge is 2.11. The molecule has 2 aromatic heterocycles. The van der Waals surface area contributed by atoms with Crippen LogP contribution in [0.1, 0.15) is 11.5 Å². The number of carbonyl (C=O) groups excluding carboxylic acids is 1. The first-order valence-electron chi connectivity index (χ1n) is 8.09. The van der Waals surface area contributed by atoms with Gasteiger partial charge >= 0.3 is 0 Å². The maximum Gasteiger partial charge on any atom is 0.243 e. The molecule has 0 saturated carbocycles. The van der Waals surface area contributed by atoms with Gasteiger partial charge in [0.25, 0.3) is 0 Å². The van der Waals surface area contributed by atoms with E-state index in [0.29, 0.717) is 22.4 Å². The monoisotopic (exact) mass is 370 g/mol. The summed E-state index contributed by atoms with van der Waals surface area (Å²) in [7, 11) is 1.80. The summed E-state index contributed by atoms with van der Waals surface area (Å²) in [5, 5.41) is 3.42. The van der Waals surface area contributed by atoms with E-state index in [1.807, 2.05) is 38.1 Å². The Bertz CT molecular complexity index is 885. The average Bonchev–Trinajstić information content (AvgIpc) is 2.95. The van der Waals surface area contributed by atoms with Gasteiger partial charge in [0.2, 0.25) is 11.8 Å². The van der Waals surface area contributed by atoms with Crippen LogP contribution >= 0.6 is 11.6 Å². The summed E-state index contributed by atoms with van der Waals surface area (Å²) >= 11 is 5.82. The number of oxazole rings is 1. The van der Waals surface area contributed by atoms with Crippen LogP contribution < -0.4 is 10.2 Å². The van der Waals surface area contributed by atoms with Crippen molar-refractivity contribution in [2.45, 2.75) is 13.8 Å². The van der Waals surface area contributed by atoms with Crippen molar-refractivity contribution in [2.24, 2.45) is 0 Å². The summed E-state index contributed by atoms with van der Waals surface area (Å²) in [4.78, 5) is 22.5. The van der Waals surface area contributed by atoms with E-state index in [1.165, 1.54) is 0 Å². The predicted octanol–water partition coefficient (Wildman–Crippen LogP) is 4.08. The molecule has 134 valence electrons. The third-order valence-corrected chi connectivity index (χ3v) is 4.15. The SMILES string of the molecule is Cc1nc(-c2ccc(NC(=O)CN(C)c3ccc(Cl)cn3)cc2)oc1C. The minimum absolute atomic E-state index is 0.139. The second-order valence-corrected chi connectivity index (χ2v) is 6.41. The molecule has 3 aromatic rings. The van der Waals surface area contributed by atoms with Gasteiger partial charge in [-0.05, 0) is 50.2 Å². The Morgan fingerprint density at radius 1 is 1.19 bits per heavy atom. The number of hydrogen-bond donors (Lipinski definition) is 1. The number of likely N-dealkylation sites (N-methyl/N-ethyl adjacent to an activating group) is 1. The Morgan fingerprint density at radius 2 is 1.92 bits per heavy atom. The number of hydrogen-bond acceptors (Lipinski definition) is 5. The lowest BCUT2D eigenvalue weighted by molar-refractivity contribution is -0.114. The molecule has 26 heavy (non-hydrogen) atoms. The zero-order valence-electron chi connectivity index (χ0n) is 14.8. The average molecular weight is 371 g/mol. The molecular formula is C19H19ClN4O2. The Labute approximate surface area is 156 Å². The van der Waals surface area contributed by atoms with E-state index in [1.54, 1.807) is 30.3 Å². The van der Waals surface area contributed by atoms with Crippen molar-refractivity contribution in [1.82, 2.24) is 9.97 Å². The van der Waals surface area contributed by atoms with Gasteiger partial charge < -0.3 is 14.6 Å². The number of halogens is 1. The van der Waals surface area contributed by atoms with E-state index in [0.717, 1.165) is 17.0 Å². The first kappa shape index (κ1) is 17.9. The van der Waals surface area contributed by atoms with Crippen LogP contribution in [0.15, 0.2) is 47.0 Å². The molecule has 0 unspecified atom stereocenters. The molecule has 0 radical (unpaired) electrons. The number of rotatable bonds is 5. The number of anilines is 2. The number of aryl methyl sites for hydroxylation is 2. The largest absolute Gasteiger partial charge is 0.441 e. The Kier molecular flexibility index (Phi) is 5.23. The lowest BCUT2D eigenvalue weighted by Gasteiger charge is -2.17. The molecule has 0 bridgehead atoms. The third kappa shape index (κ3) is 4.21. The van der Waals surface area contributed by atoms with Gasteiger partial charge in [0.05, 0.1) is 17.3 Å². The minimum Gasteiger partial charge on any atom is -0.441 e. The first-order valence-corrected chi connectivity index (χ1v) is 8.47. The van der Waals surface area contributed by atoms with E-state index >= 15 is 0 Å². The van der Waals surface area contributed by atoms with Crippen molar-refractivity contribution < 1.29 is 9.21 Å². The van der Waals surface area contributed by atoms with Crippen molar-refractivity contribution in [2.75, 3.05) is 23.8 Å². The van der Waals surface area contributed by atoms with Gasteiger partial charge in [-0.15, -0.1) is 0 Å². The number of nitrogens with zero attached hydrogens (tertiary/aromatic N) is 3. The van der Waals surface area contributed by atoms with E-state index in [2.05, 4.69) is 15.3 Å². The molecule has 6 nitrogen and oxygen atoms in total. The van der Waals surface area contributed by atoms with Crippen LogP contribution in [0.25, 0.3) is 11.5 Å². The van der Waals surface area contributed by atoms with Crippen molar-refractivity contribution in [1.29, 1.82) is 0 Å². The summed E-state index contributed by atoms with van der Waals surface area (Å²) in [6.07, 6.45) is 1.55. The molecule has 1 aromatic carbocycles. The topological polar surface area (TPSA) is 71.3 Å². The van der Waals surface area contributed by atoms with Gasteiger partial charge in [-0.25, -0.2) is 9.97 Å². The normalized spacial score (nSPS) is 10.6. The standard InChI is InChI=1S/C19H19ClN4O2/c1-12-13(2)26-19(22-12)14-4-7-16(8-5-14)23-18(25)11-24(3)17-9-6-15(20)10-21-17/h4-10H,11H2,1-3H3,(H,23,25). The first-order chi connectivity index (χ1) is 12.4. The molecule has 7 heteroatoms. The second-order valence-electron chi connectivity index (χ2n) is 5.98. The summed E-state index contributed by atoms with van der Waals surface area (Å²) in [6.45, 7) is 3.96. The molecule has 0 fully saturated rings. The van der Waals surface area contributed by atoms with Crippen LogP contribution in [-0.4, -0.2) is 29.5 Å². The maximum atomic E-state index is 12.2. The van der Waals surface area contributed by atoms with E-state index in [9.17, 15) is 4.79 Å². The van der Waals surface area contributed by atoms with Crippen molar-refractivity contribution in [3.8, 4) is 11.5 Å². The number of aromatic nitrogens is 2. The highest BCUT2D eigenvalue weighted by Crippen LogP contribution is 2.23. The van der Waals surface area contributed by atoms with Gasteiger partial charge in [-0.1, -0.05) is 11.6 Å². The predicted molar refractivity (Wildman–Crippen MR) is 103 cm³/mol. The van der Waals surface area contributed by atoms with Gasteiger partial charge in [0, 0.05) is 24.5 Å². The summed E-state index contributed by atoms with van der Waals surface area (Å²) < 4.78 is 5.61. The molecule has 0 spiro atoms. The van der Waals surface area contributed by atoms with Gasteiger partial charge in [-0.3, -0.25) is 4.79 Å². The van der Waals surface area contributed by atoms with Crippen LogP contribution in [0, 0.1) is 13.8 Å². The van der Waals surface area contributed by atoms with Crippen LogP contribution in [0.2, 0.25) is 5.02 Å². The summed E-state index contributed by atoms with van der Waals surface area (Å²) in [5.74, 6) is 1.91. The van der Waals surface area contributed by atoms with Crippen LogP contribution in [0.4, 0.5) is 11.5 Å². The lowest BCUT2D eigenvalue weighted by atomic mass is 10.2. The van der Waals surface area contributed by atoms with Gasteiger partial charge in [0.1, 0.15) is 11.6 Å². The number of pyridine rings is 1. The fraction of sp³-hybridized carbons (Fsp3) is 0.211. The van der Waals surface area contributed by atoms with E-state index in [-0.39, 0.29) is 12.5 Å². The fourth-order valence-corrected chi connectivity index (χ4v) is 2.49. The molecule has 0 aliphatic heterocycles. The Balaban J connectivity index is 1.61. The Morgan fingerprint density at radius 3 is 2.50 bits per heavy atom. The maximum absolute atomic E-state index is 12.2. The number of amides is 1. The molecule has 3 rings (SSSR count). The number of benzene rings is 1. The second kappa shape index (κ2) is 7.58. The van der Waals surface area contributed by atoms with E-state index < -0.39 is 0 Å². The molecule has 0 aliphatic rings.